The van der Waals surface area contributed by atoms with Crippen molar-refractivity contribution in [2.45, 2.75) is 18.9 Å². The third kappa shape index (κ3) is 6.22. The first-order chi connectivity index (χ1) is 7.30. The average molecular weight is 274 g/mol. The summed E-state index contributed by atoms with van der Waals surface area (Å²) < 4.78 is 37.1. The molecule has 7 heteroatoms. The molecule has 94 valence electrons. The first kappa shape index (κ1) is 18.2. The van der Waals surface area contributed by atoms with Crippen molar-refractivity contribution in [3.8, 4) is 0 Å². The minimum Gasteiger partial charge on any atom is -0.445 e. The molecule has 1 saturated heterocycles. The van der Waals surface area contributed by atoms with E-state index < -0.39 is 12.4 Å². The van der Waals surface area contributed by atoms with E-state index in [1.165, 1.54) is 0 Å². The summed E-state index contributed by atoms with van der Waals surface area (Å²) in [4.78, 5) is 3.93. The first-order valence-corrected chi connectivity index (χ1v) is 5.57. The van der Waals surface area contributed by atoms with Gasteiger partial charge >= 0.3 is 58.4 Å². The maximum Gasteiger partial charge on any atom is 1.00 e. The molecule has 0 aromatic rings. The van der Waals surface area contributed by atoms with Gasteiger partial charge in [0.15, 0.2) is 0 Å². The molecule has 1 heterocycles. The van der Waals surface area contributed by atoms with Crippen molar-refractivity contribution in [2.24, 2.45) is 0 Å². The zero-order chi connectivity index (χ0) is 12.3. The molecule has 0 aliphatic carbocycles. The van der Waals surface area contributed by atoms with Crippen molar-refractivity contribution >= 4 is 6.98 Å². The van der Waals surface area contributed by atoms with E-state index in [0.717, 1.165) is 25.9 Å². The van der Waals surface area contributed by atoms with Crippen LogP contribution in [0.1, 0.15) is 12.8 Å². The first-order valence-electron chi connectivity index (χ1n) is 5.57. The molecule has 1 fully saturated rings. The van der Waals surface area contributed by atoms with Gasteiger partial charge in [-0.15, -0.1) is 12.1 Å². The Bertz CT molecular complexity index is 260. The number of nitrogens with zero attached hydrogens (tertiary/aromatic N) is 2. The van der Waals surface area contributed by atoms with Crippen LogP contribution in [0.2, 0.25) is 0 Å². The van der Waals surface area contributed by atoms with E-state index in [2.05, 4.69) is 11.5 Å². The van der Waals surface area contributed by atoms with E-state index in [9.17, 15) is 12.9 Å². The molecule has 1 unspecified atom stereocenters. The molecular weight excluding hydrogens is 255 g/mol. The number of likely N-dealkylation sites (N-methyl/N-ethyl adjacent to an activating group) is 2. The zero-order valence-electron chi connectivity index (χ0n) is 10.9. The van der Waals surface area contributed by atoms with Gasteiger partial charge in [0.2, 0.25) is 0 Å². The van der Waals surface area contributed by atoms with Gasteiger partial charge in [-0.25, -0.2) is 0 Å². The Morgan fingerprint density at radius 3 is 2.53 bits per heavy atom. The zero-order valence-corrected chi connectivity index (χ0v) is 14.0. The SMILES string of the molecule is C=C(CN(C)C1CCCN(C)C1)[B-](F)(F)F.[K+]. The van der Waals surface area contributed by atoms with E-state index in [1.54, 1.807) is 11.9 Å². The molecule has 0 spiro atoms. The normalized spacial score (nSPS) is 22.4. The Morgan fingerprint density at radius 2 is 2.06 bits per heavy atom. The molecule has 1 atom stereocenters. The quantitative estimate of drug-likeness (QED) is 0.604. The molecule has 0 aromatic carbocycles. The van der Waals surface area contributed by atoms with E-state index in [4.69, 9.17) is 0 Å². The fraction of sp³-hybridized carbons (Fsp3) is 0.800. The van der Waals surface area contributed by atoms with Crippen molar-refractivity contribution in [2.75, 3.05) is 33.7 Å². The van der Waals surface area contributed by atoms with E-state index in [1.807, 2.05) is 7.05 Å². The molecule has 0 radical (unpaired) electrons. The van der Waals surface area contributed by atoms with Crippen molar-refractivity contribution in [1.29, 1.82) is 0 Å². The van der Waals surface area contributed by atoms with Crippen LogP contribution in [0.15, 0.2) is 12.1 Å². The molecule has 0 bridgehead atoms. The van der Waals surface area contributed by atoms with Crippen molar-refractivity contribution in [1.82, 2.24) is 9.80 Å². The van der Waals surface area contributed by atoms with Gasteiger partial charge in [0.1, 0.15) is 0 Å². The maximum atomic E-state index is 12.4. The second-order valence-electron chi connectivity index (χ2n) is 4.71. The number of likely N-dealkylation sites (tertiary alicyclic amines) is 1. The summed E-state index contributed by atoms with van der Waals surface area (Å²) in [6, 6.07) is 0.216. The van der Waals surface area contributed by atoms with Crippen LogP contribution in [-0.4, -0.2) is 56.5 Å². The number of halogens is 3. The monoisotopic (exact) mass is 274 g/mol. The largest absolute Gasteiger partial charge is 1.00 e. The van der Waals surface area contributed by atoms with Crippen molar-refractivity contribution in [3.05, 3.63) is 12.1 Å². The minimum atomic E-state index is -4.89. The summed E-state index contributed by atoms with van der Waals surface area (Å²) >= 11 is 0. The Balaban J connectivity index is 0.00000256. The van der Waals surface area contributed by atoms with Crippen LogP contribution in [0.3, 0.4) is 0 Å². The van der Waals surface area contributed by atoms with Gasteiger partial charge in [0, 0.05) is 12.6 Å². The topological polar surface area (TPSA) is 6.48 Å². The van der Waals surface area contributed by atoms with Crippen LogP contribution in [0.25, 0.3) is 0 Å². The molecule has 1 aliphatic heterocycles. The van der Waals surface area contributed by atoms with Crippen molar-refractivity contribution in [3.63, 3.8) is 0 Å². The molecular formula is C10H19BF3KN2. The molecule has 17 heavy (non-hydrogen) atoms. The van der Waals surface area contributed by atoms with Crippen LogP contribution in [-0.2, 0) is 0 Å². The Hall–Kier alpha value is 1.15. The summed E-state index contributed by atoms with van der Waals surface area (Å²) in [5.74, 6) is 0. The van der Waals surface area contributed by atoms with E-state index in [-0.39, 0.29) is 64.0 Å². The Labute approximate surface area is 144 Å². The van der Waals surface area contributed by atoms with Crippen molar-refractivity contribution < 1.29 is 64.3 Å². The summed E-state index contributed by atoms with van der Waals surface area (Å²) in [5, 5.41) is 0. The van der Waals surface area contributed by atoms with Gasteiger partial charge < -0.3 is 22.7 Å². The summed E-state index contributed by atoms with van der Waals surface area (Å²) in [7, 11) is 3.75. The predicted octanol–water partition coefficient (Wildman–Crippen LogP) is -1.04. The van der Waals surface area contributed by atoms with Gasteiger partial charge in [-0.05, 0) is 40.0 Å². The van der Waals surface area contributed by atoms with Crippen LogP contribution in [0, 0.1) is 0 Å². The van der Waals surface area contributed by atoms with Crippen LogP contribution in [0.4, 0.5) is 12.9 Å². The number of hydrogen-bond acceptors (Lipinski definition) is 2. The maximum absolute atomic E-state index is 12.4. The molecule has 2 nitrogen and oxygen atoms in total. The summed E-state index contributed by atoms with van der Waals surface area (Å²) in [5.41, 5.74) is -0.601. The smallest absolute Gasteiger partial charge is 0.445 e. The number of hydrogen-bond donors (Lipinski definition) is 0. The van der Waals surface area contributed by atoms with Gasteiger partial charge in [-0.3, -0.25) is 0 Å². The fourth-order valence-electron chi connectivity index (χ4n) is 2.05. The third-order valence-corrected chi connectivity index (χ3v) is 3.14. The number of rotatable bonds is 4. The summed E-state index contributed by atoms with van der Waals surface area (Å²) in [6.45, 7) is 0.0459. The summed E-state index contributed by atoms with van der Waals surface area (Å²) in [6.07, 6.45) is 2.02. The average Bonchev–Trinajstić information content (AvgIpc) is 2.16. The molecule has 0 aromatic heterocycles. The molecule has 0 saturated carbocycles. The van der Waals surface area contributed by atoms with Crippen LogP contribution >= 0.6 is 0 Å². The van der Waals surface area contributed by atoms with Gasteiger partial charge in [-0.1, -0.05) is 0 Å². The van der Waals surface area contributed by atoms with E-state index >= 15 is 0 Å². The van der Waals surface area contributed by atoms with Crippen LogP contribution < -0.4 is 51.4 Å². The predicted molar refractivity (Wildman–Crippen MR) is 61.4 cm³/mol. The van der Waals surface area contributed by atoms with E-state index in [0.29, 0.717) is 0 Å². The second kappa shape index (κ2) is 7.67. The Kier molecular flexibility index (Phi) is 8.19. The minimum absolute atomic E-state index is 0. The second-order valence-corrected chi connectivity index (χ2v) is 4.71. The van der Waals surface area contributed by atoms with Gasteiger partial charge in [0.25, 0.3) is 0 Å². The standard InChI is InChI=1S/C10H19BF3N2.K/c1-9(11(12,13)14)7-16(3)10-5-4-6-15(2)8-10;/h10H,1,4-8H2,2-3H3;/q-1;+1. The van der Waals surface area contributed by atoms with Crippen LogP contribution in [0.5, 0.6) is 0 Å². The third-order valence-electron chi connectivity index (χ3n) is 3.14. The molecule has 1 rings (SSSR count). The molecule has 1 aliphatic rings. The molecule has 0 N–H and O–H groups in total. The van der Waals surface area contributed by atoms with Gasteiger partial charge in [-0.2, -0.15) is 0 Å². The Morgan fingerprint density at radius 1 is 1.47 bits per heavy atom. The van der Waals surface area contributed by atoms with Gasteiger partial charge in [0.05, 0.1) is 0 Å². The fourth-order valence-corrected chi connectivity index (χ4v) is 2.05. The molecule has 0 amide bonds. The number of piperidine rings is 1.